The monoisotopic (exact) mass is 864 g/mol. The van der Waals surface area contributed by atoms with Crippen molar-refractivity contribution in [2.24, 2.45) is 10.8 Å². The summed E-state index contributed by atoms with van der Waals surface area (Å²) in [6, 6.07) is 2.82. The van der Waals surface area contributed by atoms with Gasteiger partial charge in [-0.25, -0.2) is 23.8 Å². The predicted molar refractivity (Wildman–Crippen MR) is 188 cm³/mol. The number of hydrogen-bond acceptors (Lipinski definition) is 21. The number of azide groups is 1. The van der Waals surface area contributed by atoms with E-state index in [-0.39, 0.29) is 29.9 Å². The largest absolute Gasteiger partial charge is 0.756 e. The summed E-state index contributed by atoms with van der Waals surface area (Å²) < 4.78 is 68.5. The first-order chi connectivity index (χ1) is 27.7. The molecule has 0 aliphatic carbocycles. The molecule has 2 fully saturated rings. The van der Waals surface area contributed by atoms with Gasteiger partial charge in [0.2, 0.25) is 0 Å². The van der Waals surface area contributed by atoms with Gasteiger partial charge in [0, 0.05) is 24.1 Å². The van der Waals surface area contributed by atoms with Crippen LogP contribution >= 0.6 is 15.6 Å². The number of carbonyl (C=O) groups is 1. The number of imidazole rings is 1. The Hall–Kier alpha value is -3.82. The minimum Gasteiger partial charge on any atom is -0.756 e. The van der Waals surface area contributed by atoms with Gasteiger partial charge in [-0.2, -0.15) is 4.57 Å². The maximum absolute atomic E-state index is 12.5. The molecule has 0 aromatic carbocycles. The first-order valence-electron chi connectivity index (χ1n) is 17.3. The number of aliphatic hydroxyl groups is 4. The lowest BCUT2D eigenvalue weighted by Gasteiger charge is -2.26. The molecule has 3 aromatic rings. The normalized spacial score (nSPS) is 26.6. The fourth-order valence-corrected chi connectivity index (χ4v) is 7.67. The molecule has 2 unspecified atom stereocenters. The molecule has 5 rings (SSSR count). The number of aromatic nitrogens is 5. The van der Waals surface area contributed by atoms with Crippen molar-refractivity contribution in [1.82, 2.24) is 19.5 Å². The van der Waals surface area contributed by atoms with Crippen LogP contribution in [-0.4, -0.2) is 153 Å². The molecule has 0 radical (unpaired) electrons. The molecule has 8 N–H and O–H groups in total. The van der Waals surface area contributed by atoms with E-state index < -0.39 is 83.8 Å². The fraction of sp³-hybridized carbons (Fsp3) is 0.621. The van der Waals surface area contributed by atoms with E-state index in [1.165, 1.54) is 46.3 Å². The van der Waals surface area contributed by atoms with E-state index in [4.69, 9.17) is 39.5 Å². The van der Waals surface area contributed by atoms with Gasteiger partial charge in [-0.05, 0) is 11.6 Å². The van der Waals surface area contributed by atoms with Gasteiger partial charge in [-0.15, -0.1) is 0 Å². The van der Waals surface area contributed by atoms with Crippen molar-refractivity contribution in [2.45, 2.75) is 49.1 Å². The Balaban J connectivity index is 1.06. The van der Waals surface area contributed by atoms with Gasteiger partial charge in [0.25, 0.3) is 20.0 Å². The molecule has 0 saturated carbocycles. The molecule has 1 amide bonds. The molecular weight excluding hydrogens is 822 g/mol. The molecule has 3 aromatic heterocycles. The van der Waals surface area contributed by atoms with Crippen molar-refractivity contribution in [2.75, 3.05) is 71.3 Å². The number of hydrogen-bond donors (Lipinski definition) is 7. The van der Waals surface area contributed by atoms with Crippen molar-refractivity contribution >= 4 is 38.5 Å². The van der Waals surface area contributed by atoms with Crippen LogP contribution < -0.4 is 20.5 Å². The number of carbonyl (C=O) groups excluding carboxylic acids is 1. The van der Waals surface area contributed by atoms with Crippen LogP contribution in [0.15, 0.2) is 42.3 Å². The van der Waals surface area contributed by atoms with E-state index in [2.05, 4.69) is 39.1 Å². The lowest BCUT2D eigenvalue weighted by Crippen LogP contribution is -2.46. The summed E-state index contributed by atoms with van der Waals surface area (Å²) in [5, 5.41) is 48.7. The van der Waals surface area contributed by atoms with E-state index in [0.717, 1.165) is 0 Å². The van der Waals surface area contributed by atoms with E-state index in [9.17, 15) is 44.1 Å². The second-order valence-electron chi connectivity index (χ2n) is 12.4. The topological polar surface area (TPSA) is 384 Å². The summed E-state index contributed by atoms with van der Waals surface area (Å²) in [5.41, 5.74) is 14.0. The second-order valence-corrected chi connectivity index (χ2v) is 15.4. The number of aliphatic hydroxyl groups excluding tert-OH is 4. The minimum absolute atomic E-state index is 0.0541. The van der Waals surface area contributed by atoms with Gasteiger partial charge in [-0.3, -0.25) is 18.5 Å². The molecule has 0 bridgehead atoms. The Labute approximate surface area is 328 Å². The summed E-state index contributed by atoms with van der Waals surface area (Å²) in [7, 11) is -11.2. The van der Waals surface area contributed by atoms with Crippen molar-refractivity contribution in [3.8, 4) is 0 Å². The number of nitrogens with two attached hydrogens (primary N) is 1. The molecule has 29 heteroatoms. The molecule has 10 atom stereocenters. The first-order valence-corrected chi connectivity index (χ1v) is 20.3. The number of phosphoric acid groups is 2. The number of nitrogens with one attached hydrogen (secondary N) is 1. The van der Waals surface area contributed by atoms with Crippen LogP contribution in [0.2, 0.25) is 0 Å². The molecule has 2 aliphatic heterocycles. The maximum atomic E-state index is 12.5. The number of rotatable bonds is 24. The third-order valence-electron chi connectivity index (χ3n) is 8.39. The zero-order valence-corrected chi connectivity index (χ0v) is 32.1. The number of amides is 1. The number of pyridine rings is 1. The molecule has 2 aliphatic rings. The van der Waals surface area contributed by atoms with Crippen molar-refractivity contribution in [3.63, 3.8) is 0 Å². The summed E-state index contributed by atoms with van der Waals surface area (Å²) in [6.45, 7) is 0.542. The smallest absolute Gasteiger partial charge is 0.478 e. The molecular formula is C29H42N10O17P2. The summed E-state index contributed by atoms with van der Waals surface area (Å²) in [6.07, 6.45) is -7.17. The zero-order chi connectivity index (χ0) is 41.9. The average Bonchev–Trinajstić information content (AvgIpc) is 3.84. The third kappa shape index (κ3) is 12.1. The number of fused-ring (bicyclic) bond motifs is 1. The van der Waals surface area contributed by atoms with Crippen LogP contribution in [0.25, 0.3) is 21.6 Å². The van der Waals surface area contributed by atoms with Crippen LogP contribution in [0, 0.1) is 0 Å². The standard InChI is InChI=1S/C29H42N10O17P2/c30-25(44)17-2-1-5-38(12-17)28-23(42)21(40)18(54-28)13-52-57(45,46)56-58(47,48)53-14-19-22(41)24(43)29(55-19)39-16-35-20-26(33-15-34-27(20)39)32-3-6-49-8-10-51-11-9-50-7-4-36-37-31/h1-2,5,12,15-16,18-19,21-24,28-29,40-43H,3-4,6-11,13-14H2,(H4-,30,32,33,34,44,45,46,47,48)/t18-,19+,21-,22+,23-,24+,28-,29+/m0/s1. The van der Waals surface area contributed by atoms with Crippen molar-refractivity contribution < 1.29 is 85.7 Å². The van der Waals surface area contributed by atoms with E-state index >= 15 is 0 Å². The highest BCUT2D eigenvalue weighted by Crippen LogP contribution is 2.58. The van der Waals surface area contributed by atoms with Crippen molar-refractivity contribution in [3.05, 3.63) is 53.2 Å². The van der Waals surface area contributed by atoms with Gasteiger partial charge < -0.3 is 69.5 Å². The average molecular weight is 865 g/mol. The molecule has 0 spiro atoms. The Morgan fingerprint density at radius 2 is 1.66 bits per heavy atom. The number of primary amides is 1. The van der Waals surface area contributed by atoms with Crippen LogP contribution in [0.3, 0.4) is 0 Å². The van der Waals surface area contributed by atoms with Gasteiger partial charge >= 0.3 is 7.82 Å². The zero-order valence-electron chi connectivity index (χ0n) is 30.3. The van der Waals surface area contributed by atoms with Gasteiger partial charge in [0.05, 0.1) is 59.2 Å². The number of ether oxygens (including phenoxy) is 5. The predicted octanol–water partition coefficient (Wildman–Crippen LogP) is -2.46. The number of nitrogens with zero attached hydrogens (tertiary/aromatic N) is 8. The van der Waals surface area contributed by atoms with E-state index in [1.807, 2.05) is 0 Å². The van der Waals surface area contributed by atoms with Gasteiger partial charge in [0.1, 0.15) is 42.4 Å². The Morgan fingerprint density at radius 1 is 0.983 bits per heavy atom. The van der Waals surface area contributed by atoms with E-state index in [1.54, 1.807) is 0 Å². The lowest BCUT2D eigenvalue weighted by molar-refractivity contribution is -0.765. The maximum Gasteiger partial charge on any atom is 0.478 e. The fourth-order valence-electron chi connectivity index (χ4n) is 5.61. The summed E-state index contributed by atoms with van der Waals surface area (Å²) in [4.78, 5) is 49.4. The number of phosphoric ester groups is 2. The van der Waals surface area contributed by atoms with Gasteiger partial charge in [-0.1, -0.05) is 5.11 Å². The Morgan fingerprint density at radius 3 is 2.38 bits per heavy atom. The third-order valence-corrected chi connectivity index (χ3v) is 11.0. The quantitative estimate of drug-likeness (QED) is 0.0123. The highest BCUT2D eigenvalue weighted by Gasteiger charge is 2.50. The Kier molecular flexibility index (Phi) is 16.3. The molecule has 2 saturated heterocycles. The molecule has 27 nitrogen and oxygen atoms in total. The second kappa shape index (κ2) is 20.9. The number of anilines is 1. The van der Waals surface area contributed by atoms with Crippen LogP contribution in [0.5, 0.6) is 0 Å². The highest BCUT2D eigenvalue weighted by atomic mass is 31.3. The van der Waals surface area contributed by atoms with Crippen LogP contribution in [0.4, 0.5) is 5.82 Å². The van der Waals surface area contributed by atoms with Crippen molar-refractivity contribution in [1.29, 1.82) is 0 Å². The summed E-state index contributed by atoms with van der Waals surface area (Å²) in [5.74, 6) is -0.466. The lowest BCUT2D eigenvalue weighted by atomic mass is 10.1. The molecule has 58 heavy (non-hydrogen) atoms. The van der Waals surface area contributed by atoms with E-state index in [0.29, 0.717) is 45.4 Å². The minimum atomic E-state index is -5.68. The van der Waals surface area contributed by atoms with Crippen LogP contribution in [0.1, 0.15) is 22.8 Å². The first kappa shape index (κ1) is 45.3. The molecule has 5 heterocycles. The van der Waals surface area contributed by atoms with Crippen LogP contribution in [-0.2, 0) is 46.2 Å². The summed E-state index contributed by atoms with van der Waals surface area (Å²) >= 11 is 0. The van der Waals surface area contributed by atoms with Gasteiger partial charge in [0.15, 0.2) is 41.7 Å². The highest BCUT2D eigenvalue weighted by molar-refractivity contribution is 7.60. The SMILES string of the molecule is [N-]=[N+]=NCCOCCOCCOCCNc1ncnc2c1ncn2[C@@H]1O[C@H](COP(=O)([O-])OP(=O)(O)OC[C@@H]2O[C@H]([n+]3cccc(C(N)=O)c3)[C@@H](O)[C@H]2O)[C@@H](O)[C@H]1O. The molecule has 320 valence electrons. The Bertz CT molecular complexity index is 1980.